The molecule has 13 nitrogen and oxygen atoms in total. The Morgan fingerprint density at radius 3 is 0.879 bits per heavy atom. The minimum atomic E-state index is -1.78. The van der Waals surface area contributed by atoms with Crippen LogP contribution in [0.15, 0.2) is 89.5 Å². The van der Waals surface area contributed by atoms with Gasteiger partial charge in [-0.05, 0) is 110 Å². The number of carbonyl (C=O) groups is 3. The standard InChI is InChI=1S/C53H66N6O7/c1-7-25-57(26-8-2)47-19-13-41(14-20-47)31-44(34-54)50(61)64-38-53(37-60,39-65-51(62)45(35-55)32-42-15-21-48(22-16-42)58(27-9-3)28-10-4)40-66-52(63)46(36-56)33-43-17-23-49(24-18-43)59(29-11-5)30-12-6/h13-24,31-33,60H,7-12,25-30,37-40H2,1-6H3/b44-31+,45-32+,46-33+. The minimum absolute atomic E-state index is 0.344. The predicted molar refractivity (Wildman–Crippen MR) is 261 cm³/mol. The van der Waals surface area contributed by atoms with Crippen LogP contribution in [0.2, 0.25) is 0 Å². The van der Waals surface area contributed by atoms with Crippen LogP contribution in [0.25, 0.3) is 18.2 Å². The van der Waals surface area contributed by atoms with E-state index in [1.807, 2.05) is 54.6 Å². The van der Waals surface area contributed by atoms with Crippen LogP contribution in [0.4, 0.5) is 17.1 Å². The van der Waals surface area contributed by atoms with Gasteiger partial charge in [-0.2, -0.15) is 15.8 Å². The normalized spacial score (nSPS) is 11.7. The number of aliphatic hydroxyl groups excluding tert-OH is 1. The summed E-state index contributed by atoms with van der Waals surface area (Å²) in [6, 6.07) is 27.8. The molecule has 0 aromatic heterocycles. The van der Waals surface area contributed by atoms with E-state index in [9.17, 15) is 35.3 Å². The summed E-state index contributed by atoms with van der Waals surface area (Å²) < 4.78 is 16.7. The molecule has 0 radical (unpaired) electrons. The van der Waals surface area contributed by atoms with Crippen molar-refractivity contribution < 1.29 is 33.7 Å². The number of hydrogen-bond donors (Lipinski definition) is 1. The highest BCUT2D eigenvalue weighted by Gasteiger charge is 2.37. The maximum Gasteiger partial charge on any atom is 0.348 e. The average molecular weight is 899 g/mol. The van der Waals surface area contributed by atoms with Gasteiger partial charge in [-0.15, -0.1) is 0 Å². The summed E-state index contributed by atoms with van der Waals surface area (Å²) in [6.07, 6.45) is 9.98. The smallest absolute Gasteiger partial charge is 0.348 e. The SMILES string of the molecule is CCCN(CCC)c1ccc(/C=C(\C#N)C(=O)OCC(CO)(COC(=O)/C(C#N)=C/c2ccc(N(CCC)CCC)cc2)COC(=O)/C(C#N)=C/c2ccc(N(CCC)CCC)cc2)cc1. The maximum atomic E-state index is 13.4. The van der Waals surface area contributed by atoms with Crippen molar-refractivity contribution >= 4 is 53.2 Å². The Hall–Kier alpha value is -6.88. The molecule has 350 valence electrons. The zero-order valence-corrected chi connectivity index (χ0v) is 39.6. The lowest BCUT2D eigenvalue weighted by Gasteiger charge is -2.30. The molecule has 66 heavy (non-hydrogen) atoms. The molecule has 13 heteroatoms. The Labute approximate surface area is 391 Å². The molecule has 3 rings (SSSR count). The Kier molecular flexibility index (Phi) is 23.3. The second-order valence-electron chi connectivity index (χ2n) is 16.1. The van der Waals surface area contributed by atoms with Gasteiger partial charge >= 0.3 is 17.9 Å². The minimum Gasteiger partial charge on any atom is -0.461 e. The summed E-state index contributed by atoms with van der Waals surface area (Å²) in [5.41, 5.74) is 1.95. The van der Waals surface area contributed by atoms with E-state index in [4.69, 9.17) is 14.2 Å². The van der Waals surface area contributed by atoms with Crippen LogP contribution in [0.1, 0.15) is 96.8 Å². The van der Waals surface area contributed by atoms with Gasteiger partial charge in [0.05, 0.1) is 12.0 Å². The predicted octanol–water partition coefficient (Wildman–Crippen LogP) is 9.30. The van der Waals surface area contributed by atoms with E-state index in [1.54, 1.807) is 36.4 Å². The monoisotopic (exact) mass is 898 g/mol. The number of benzene rings is 3. The van der Waals surface area contributed by atoms with Gasteiger partial charge < -0.3 is 34.0 Å². The van der Waals surface area contributed by atoms with Crippen molar-refractivity contribution in [3.05, 3.63) is 106 Å². The maximum absolute atomic E-state index is 13.4. The van der Waals surface area contributed by atoms with Crippen LogP contribution in [0.5, 0.6) is 0 Å². The summed E-state index contributed by atoms with van der Waals surface area (Å²) >= 11 is 0. The van der Waals surface area contributed by atoms with Gasteiger partial charge in [0.15, 0.2) is 0 Å². The second kappa shape index (κ2) is 28.8. The number of hydrogen-bond acceptors (Lipinski definition) is 13. The van der Waals surface area contributed by atoms with Crippen LogP contribution in [-0.2, 0) is 28.6 Å². The topological polar surface area (TPSA) is 180 Å². The summed E-state index contributed by atoms with van der Waals surface area (Å²) in [6.45, 7) is 15.1. The van der Waals surface area contributed by atoms with E-state index in [0.29, 0.717) is 16.7 Å². The van der Waals surface area contributed by atoms with Crippen LogP contribution in [-0.4, -0.2) is 88.7 Å². The van der Waals surface area contributed by atoms with E-state index in [2.05, 4.69) is 56.2 Å². The molecule has 3 aromatic rings. The molecule has 0 bridgehead atoms. The fourth-order valence-corrected chi connectivity index (χ4v) is 7.14. The molecule has 0 aliphatic heterocycles. The highest BCUT2D eigenvalue weighted by Crippen LogP contribution is 2.25. The number of aliphatic hydroxyl groups is 1. The lowest BCUT2D eigenvalue weighted by Crippen LogP contribution is -2.43. The first-order valence-corrected chi connectivity index (χ1v) is 23.0. The fraction of sp³-hybridized carbons (Fsp3) is 0.434. The molecular weight excluding hydrogens is 833 g/mol. The third-order valence-electron chi connectivity index (χ3n) is 10.6. The van der Waals surface area contributed by atoms with E-state index >= 15 is 0 Å². The first kappa shape index (κ1) is 53.5. The lowest BCUT2D eigenvalue weighted by atomic mass is 9.92. The van der Waals surface area contributed by atoms with Crippen molar-refractivity contribution in [2.45, 2.75) is 80.1 Å². The van der Waals surface area contributed by atoms with Crippen molar-refractivity contribution in [3.8, 4) is 18.2 Å². The molecule has 3 aromatic carbocycles. The zero-order valence-electron chi connectivity index (χ0n) is 39.6. The van der Waals surface area contributed by atoms with Crippen molar-refractivity contribution in [3.63, 3.8) is 0 Å². The molecule has 0 fully saturated rings. The van der Waals surface area contributed by atoms with E-state index in [1.165, 1.54) is 18.2 Å². The first-order valence-electron chi connectivity index (χ1n) is 23.0. The second-order valence-corrected chi connectivity index (χ2v) is 16.1. The summed E-state index contributed by atoms with van der Waals surface area (Å²) in [7, 11) is 0. The number of ether oxygens (including phenoxy) is 3. The number of nitrogens with zero attached hydrogens (tertiary/aromatic N) is 6. The molecule has 0 atom stereocenters. The molecule has 0 aliphatic carbocycles. The Morgan fingerprint density at radius 2 is 0.697 bits per heavy atom. The van der Waals surface area contributed by atoms with Gasteiger partial charge in [0.25, 0.3) is 0 Å². The third-order valence-corrected chi connectivity index (χ3v) is 10.6. The van der Waals surface area contributed by atoms with Crippen molar-refractivity contribution in [2.24, 2.45) is 5.41 Å². The molecule has 0 heterocycles. The molecule has 0 saturated carbocycles. The van der Waals surface area contributed by atoms with Gasteiger partial charge in [0, 0.05) is 56.3 Å². The van der Waals surface area contributed by atoms with Gasteiger partial charge in [-0.3, -0.25) is 0 Å². The number of esters is 3. The van der Waals surface area contributed by atoms with Crippen LogP contribution in [0.3, 0.4) is 0 Å². The van der Waals surface area contributed by atoms with Gasteiger partial charge in [-0.1, -0.05) is 77.9 Å². The number of anilines is 3. The van der Waals surface area contributed by atoms with E-state index < -0.39 is 49.8 Å². The van der Waals surface area contributed by atoms with Crippen molar-refractivity contribution in [1.82, 2.24) is 0 Å². The molecule has 0 unspecified atom stereocenters. The fourth-order valence-electron chi connectivity index (χ4n) is 7.14. The van der Waals surface area contributed by atoms with Gasteiger partial charge in [-0.25, -0.2) is 14.4 Å². The molecular formula is C53H66N6O7. The number of nitriles is 3. The molecule has 1 N–H and O–H groups in total. The first-order chi connectivity index (χ1) is 32.0. The van der Waals surface area contributed by atoms with E-state index in [0.717, 1.165) is 94.9 Å². The summed E-state index contributed by atoms with van der Waals surface area (Å²) in [5.74, 6) is -3.11. The zero-order chi connectivity index (χ0) is 48.3. The number of rotatable bonds is 28. The quantitative estimate of drug-likeness (QED) is 0.0316. The average Bonchev–Trinajstić information content (AvgIpc) is 3.34. The Bertz CT molecular complexity index is 1960. The number of carbonyl (C=O) groups excluding carboxylic acids is 3. The Balaban J connectivity index is 1.89. The summed E-state index contributed by atoms with van der Waals surface area (Å²) in [5, 5.41) is 40.8. The third kappa shape index (κ3) is 16.6. The highest BCUT2D eigenvalue weighted by molar-refractivity contribution is 5.99. The van der Waals surface area contributed by atoms with Crippen LogP contribution in [0, 0.1) is 39.4 Å². The van der Waals surface area contributed by atoms with Gasteiger partial charge in [0.2, 0.25) is 0 Å². The van der Waals surface area contributed by atoms with E-state index in [-0.39, 0.29) is 16.7 Å². The highest BCUT2D eigenvalue weighted by atomic mass is 16.6. The molecule has 0 spiro atoms. The Morgan fingerprint density at radius 1 is 0.470 bits per heavy atom. The van der Waals surface area contributed by atoms with Crippen molar-refractivity contribution in [1.29, 1.82) is 15.8 Å². The van der Waals surface area contributed by atoms with Crippen LogP contribution < -0.4 is 14.7 Å². The molecule has 0 aliphatic rings. The van der Waals surface area contributed by atoms with Crippen molar-refractivity contribution in [2.75, 3.05) is 80.4 Å². The lowest BCUT2D eigenvalue weighted by molar-refractivity contribution is -0.159. The largest absolute Gasteiger partial charge is 0.461 e. The van der Waals surface area contributed by atoms with Crippen LogP contribution >= 0.6 is 0 Å². The summed E-state index contributed by atoms with van der Waals surface area (Å²) in [4.78, 5) is 47.0. The molecule has 0 saturated heterocycles. The molecule has 0 amide bonds. The van der Waals surface area contributed by atoms with Gasteiger partial charge in [0.1, 0.15) is 54.7 Å².